The van der Waals surface area contributed by atoms with E-state index in [2.05, 4.69) is 0 Å². The van der Waals surface area contributed by atoms with Crippen LogP contribution >= 0.6 is 0 Å². The Hall–Kier alpha value is -1.77. The van der Waals surface area contributed by atoms with Gasteiger partial charge in [-0.3, -0.25) is 5.41 Å². The summed E-state index contributed by atoms with van der Waals surface area (Å²) >= 11 is 0. The van der Waals surface area contributed by atoms with Gasteiger partial charge in [0.15, 0.2) is 5.75 Å². The van der Waals surface area contributed by atoms with Gasteiger partial charge in [-0.1, -0.05) is 18.2 Å². The fourth-order valence-electron chi connectivity index (χ4n) is 1.07. The van der Waals surface area contributed by atoms with Crippen LogP contribution in [0.5, 0.6) is 5.75 Å². The molecule has 0 atom stereocenters. The number of fused-ring (bicyclic) bond motifs is 1. The first kappa shape index (κ1) is 6.91. The van der Waals surface area contributed by atoms with Crippen LogP contribution in [0.3, 0.4) is 0 Å². The first-order chi connectivity index (χ1) is 5.77. The Labute approximate surface area is 68.4 Å². The molecule has 0 aliphatic carbocycles. The summed E-state index contributed by atoms with van der Waals surface area (Å²) in [6, 6.07) is 8.76. The molecule has 0 radical (unpaired) electrons. The molecular formula is C9H7NO2. The van der Waals surface area contributed by atoms with Crippen LogP contribution < -0.4 is 5.55 Å². The molecule has 0 spiro atoms. The Bertz CT molecular complexity index is 473. The monoisotopic (exact) mass is 161 g/mol. The van der Waals surface area contributed by atoms with E-state index in [0.29, 0.717) is 5.58 Å². The zero-order valence-electron chi connectivity index (χ0n) is 6.24. The molecule has 2 rings (SSSR count). The van der Waals surface area contributed by atoms with Gasteiger partial charge in [-0.2, -0.15) is 0 Å². The fraction of sp³-hybridized carbons (Fsp3) is 0. The molecule has 0 aliphatic heterocycles. The number of hydrogen-bond acceptors (Lipinski definition) is 3. The van der Waals surface area contributed by atoms with Crippen LogP contribution in [-0.4, -0.2) is 5.11 Å². The maximum absolute atomic E-state index is 9.14. The van der Waals surface area contributed by atoms with Gasteiger partial charge in [-0.15, -0.1) is 0 Å². The van der Waals surface area contributed by atoms with Gasteiger partial charge >= 0.3 is 0 Å². The average molecular weight is 161 g/mol. The van der Waals surface area contributed by atoms with Crippen molar-refractivity contribution in [3.05, 3.63) is 35.9 Å². The molecule has 2 N–H and O–H groups in total. The predicted octanol–water partition coefficient (Wildman–Crippen LogP) is 1.62. The van der Waals surface area contributed by atoms with Crippen molar-refractivity contribution in [2.24, 2.45) is 0 Å². The van der Waals surface area contributed by atoms with Gasteiger partial charge in [0, 0.05) is 5.39 Å². The molecule has 0 fully saturated rings. The topological polar surface area (TPSA) is 57.2 Å². The van der Waals surface area contributed by atoms with Gasteiger partial charge < -0.3 is 9.52 Å². The first-order valence-electron chi connectivity index (χ1n) is 3.54. The molecule has 0 amide bonds. The van der Waals surface area contributed by atoms with Gasteiger partial charge in [0.05, 0.1) is 0 Å². The quantitative estimate of drug-likeness (QED) is 0.616. The minimum absolute atomic E-state index is 0.131. The number of benzene rings is 1. The first-order valence-corrected chi connectivity index (χ1v) is 3.54. The number of nitrogens with one attached hydrogen (secondary N) is 1. The third-order valence-corrected chi connectivity index (χ3v) is 1.66. The van der Waals surface area contributed by atoms with Gasteiger partial charge in [0.25, 0.3) is 5.55 Å². The standard InChI is InChI=1S/C9H7NO2/c10-9-7(11)5-6-3-1-2-4-8(6)12-9/h1-5,10-11H. The van der Waals surface area contributed by atoms with E-state index in [9.17, 15) is 0 Å². The van der Waals surface area contributed by atoms with Crippen LogP contribution in [0.1, 0.15) is 0 Å². The van der Waals surface area contributed by atoms with Crippen molar-refractivity contribution < 1.29 is 9.52 Å². The van der Waals surface area contributed by atoms with Crippen molar-refractivity contribution >= 4 is 11.0 Å². The zero-order valence-corrected chi connectivity index (χ0v) is 6.24. The van der Waals surface area contributed by atoms with Crippen molar-refractivity contribution in [2.45, 2.75) is 0 Å². The highest BCUT2D eigenvalue weighted by atomic mass is 16.4. The molecule has 12 heavy (non-hydrogen) atoms. The van der Waals surface area contributed by atoms with E-state index in [1.165, 1.54) is 6.07 Å². The molecule has 1 aromatic carbocycles. The Morgan fingerprint density at radius 2 is 2.00 bits per heavy atom. The molecule has 0 saturated heterocycles. The Morgan fingerprint density at radius 1 is 1.25 bits per heavy atom. The van der Waals surface area contributed by atoms with Crippen LogP contribution in [0.25, 0.3) is 11.0 Å². The summed E-state index contributed by atoms with van der Waals surface area (Å²) < 4.78 is 5.01. The number of para-hydroxylation sites is 1. The molecule has 0 aliphatic rings. The summed E-state index contributed by atoms with van der Waals surface area (Å²) in [6.07, 6.45) is 0. The number of rotatable bonds is 0. The lowest BCUT2D eigenvalue weighted by molar-refractivity contribution is 0.415. The van der Waals surface area contributed by atoms with E-state index in [1.54, 1.807) is 6.07 Å². The lowest BCUT2D eigenvalue weighted by Gasteiger charge is -1.96. The summed E-state index contributed by atoms with van der Waals surface area (Å²) in [5.74, 6) is -0.131. The highest BCUT2D eigenvalue weighted by Crippen LogP contribution is 2.14. The van der Waals surface area contributed by atoms with E-state index in [4.69, 9.17) is 14.9 Å². The Morgan fingerprint density at radius 3 is 2.83 bits per heavy atom. The van der Waals surface area contributed by atoms with E-state index in [1.807, 2.05) is 18.2 Å². The SMILES string of the molecule is N=c1oc2ccccc2cc1O. The highest BCUT2D eigenvalue weighted by Gasteiger charge is 1.98. The molecule has 3 nitrogen and oxygen atoms in total. The third-order valence-electron chi connectivity index (χ3n) is 1.66. The lowest BCUT2D eigenvalue weighted by Crippen LogP contribution is -1.96. The molecule has 2 aromatic rings. The minimum atomic E-state index is -0.200. The molecular weight excluding hydrogens is 154 g/mol. The second-order valence-corrected chi connectivity index (χ2v) is 2.50. The van der Waals surface area contributed by atoms with E-state index in [-0.39, 0.29) is 11.3 Å². The smallest absolute Gasteiger partial charge is 0.254 e. The molecule has 0 unspecified atom stereocenters. The van der Waals surface area contributed by atoms with Crippen molar-refractivity contribution in [3.63, 3.8) is 0 Å². The summed E-state index contributed by atoms with van der Waals surface area (Å²) in [6.45, 7) is 0. The normalized spacial score (nSPS) is 10.3. The van der Waals surface area contributed by atoms with Gasteiger partial charge in [0.1, 0.15) is 5.58 Å². The van der Waals surface area contributed by atoms with E-state index < -0.39 is 0 Å². The zero-order chi connectivity index (χ0) is 8.55. The molecule has 0 saturated carbocycles. The highest BCUT2D eigenvalue weighted by molar-refractivity contribution is 5.77. The largest absolute Gasteiger partial charge is 0.503 e. The van der Waals surface area contributed by atoms with Crippen molar-refractivity contribution in [1.29, 1.82) is 5.41 Å². The molecule has 3 heteroatoms. The van der Waals surface area contributed by atoms with E-state index in [0.717, 1.165) is 5.39 Å². The molecule has 1 heterocycles. The van der Waals surface area contributed by atoms with Gasteiger partial charge in [-0.25, -0.2) is 0 Å². The van der Waals surface area contributed by atoms with Crippen LogP contribution in [0, 0.1) is 5.41 Å². The molecule has 0 bridgehead atoms. The maximum Gasteiger partial charge on any atom is 0.254 e. The second-order valence-electron chi connectivity index (χ2n) is 2.50. The predicted molar refractivity (Wildman–Crippen MR) is 43.7 cm³/mol. The minimum Gasteiger partial charge on any atom is -0.503 e. The molecule has 1 aromatic heterocycles. The number of hydrogen-bond donors (Lipinski definition) is 2. The van der Waals surface area contributed by atoms with Crippen LogP contribution in [0.4, 0.5) is 0 Å². The maximum atomic E-state index is 9.14. The third kappa shape index (κ3) is 0.955. The Balaban J connectivity index is 2.93. The summed E-state index contributed by atoms with van der Waals surface area (Å²) in [5, 5.41) is 17.1. The van der Waals surface area contributed by atoms with Crippen molar-refractivity contribution in [3.8, 4) is 5.75 Å². The van der Waals surface area contributed by atoms with E-state index >= 15 is 0 Å². The summed E-state index contributed by atoms with van der Waals surface area (Å²) in [7, 11) is 0. The summed E-state index contributed by atoms with van der Waals surface area (Å²) in [4.78, 5) is 0. The lowest BCUT2D eigenvalue weighted by atomic mass is 10.2. The summed E-state index contributed by atoms with van der Waals surface area (Å²) in [5.41, 5.74) is 0.411. The van der Waals surface area contributed by atoms with Crippen molar-refractivity contribution in [1.82, 2.24) is 0 Å². The van der Waals surface area contributed by atoms with Crippen LogP contribution in [0.2, 0.25) is 0 Å². The average Bonchev–Trinajstić information content (AvgIpc) is 2.07. The van der Waals surface area contributed by atoms with Crippen LogP contribution in [0.15, 0.2) is 34.7 Å². The Kier molecular flexibility index (Phi) is 1.37. The fourth-order valence-corrected chi connectivity index (χ4v) is 1.07. The van der Waals surface area contributed by atoms with Crippen LogP contribution in [-0.2, 0) is 0 Å². The van der Waals surface area contributed by atoms with Crippen molar-refractivity contribution in [2.75, 3.05) is 0 Å². The number of aromatic hydroxyl groups is 1. The second kappa shape index (κ2) is 2.37. The van der Waals surface area contributed by atoms with Gasteiger partial charge in [-0.05, 0) is 12.1 Å². The van der Waals surface area contributed by atoms with Gasteiger partial charge in [0.2, 0.25) is 0 Å². The molecule has 60 valence electrons.